The number of rotatable bonds is 7. The van der Waals surface area contributed by atoms with Crippen molar-refractivity contribution in [3.05, 3.63) is 83.6 Å². The van der Waals surface area contributed by atoms with E-state index in [1.165, 1.54) is 6.07 Å². The van der Waals surface area contributed by atoms with Crippen LogP contribution in [0.3, 0.4) is 0 Å². The number of para-hydroxylation sites is 1. The Hall–Kier alpha value is -3.59. The van der Waals surface area contributed by atoms with Crippen molar-refractivity contribution in [2.24, 2.45) is 0 Å². The van der Waals surface area contributed by atoms with Crippen LogP contribution in [-0.4, -0.2) is 34.3 Å². The normalized spacial score (nSPS) is 12.2. The fourth-order valence-electron chi connectivity index (χ4n) is 3.32. The Morgan fingerprint density at radius 2 is 2.03 bits per heavy atom. The predicted molar refractivity (Wildman–Crippen MR) is 104 cm³/mol. The average molecular weight is 412 g/mol. The minimum atomic E-state index is -1.04. The summed E-state index contributed by atoms with van der Waals surface area (Å²) in [6, 6.07) is 11.8. The second kappa shape index (κ2) is 8.42. The quantitative estimate of drug-likeness (QED) is 0.503. The van der Waals surface area contributed by atoms with Gasteiger partial charge in [0.2, 0.25) is 6.39 Å². The number of hydrogen-bond donors (Lipinski definition) is 1. The third-order valence-corrected chi connectivity index (χ3v) is 4.75. The van der Waals surface area contributed by atoms with E-state index in [-0.39, 0.29) is 11.4 Å². The average Bonchev–Trinajstić information content (AvgIpc) is 3.40. The molecule has 0 aliphatic rings. The molecule has 0 saturated heterocycles. The molecule has 1 N–H and O–H groups in total. The van der Waals surface area contributed by atoms with E-state index >= 15 is 0 Å². The molecule has 0 radical (unpaired) electrons. The molecule has 0 bridgehead atoms. The van der Waals surface area contributed by atoms with Crippen LogP contribution in [0.1, 0.15) is 27.9 Å². The lowest BCUT2D eigenvalue weighted by Crippen LogP contribution is -2.32. The maximum absolute atomic E-state index is 13.8. The highest BCUT2D eigenvalue weighted by Gasteiger charge is 2.25. The first-order valence-electron chi connectivity index (χ1n) is 9.17. The topological polar surface area (TPSA) is 82.2 Å². The van der Waals surface area contributed by atoms with Crippen LogP contribution in [0.25, 0.3) is 10.9 Å². The van der Waals surface area contributed by atoms with Crippen molar-refractivity contribution in [2.45, 2.75) is 12.6 Å². The van der Waals surface area contributed by atoms with Crippen LogP contribution in [0.5, 0.6) is 0 Å². The fraction of sp³-hybridized carbons (Fsp3) is 0.190. The highest BCUT2D eigenvalue weighted by molar-refractivity contribution is 5.99. The van der Waals surface area contributed by atoms with Gasteiger partial charge in [-0.15, -0.1) is 0 Å². The van der Waals surface area contributed by atoms with E-state index in [0.717, 1.165) is 29.4 Å². The molecule has 1 atom stereocenters. The first-order valence-corrected chi connectivity index (χ1v) is 9.17. The largest absolute Gasteiger partial charge is 0.383 e. The second-order valence-electron chi connectivity index (χ2n) is 6.60. The fourth-order valence-corrected chi connectivity index (χ4v) is 3.32. The molecule has 1 amide bonds. The number of amides is 1. The van der Waals surface area contributed by atoms with E-state index in [4.69, 9.17) is 9.26 Å². The molecule has 0 fully saturated rings. The van der Waals surface area contributed by atoms with Gasteiger partial charge in [-0.3, -0.25) is 4.79 Å². The molecule has 4 aromatic rings. The lowest BCUT2D eigenvalue weighted by molar-refractivity contribution is 0.0929. The zero-order chi connectivity index (χ0) is 21.1. The number of nitrogens with zero attached hydrogens (tertiary/aromatic N) is 3. The van der Waals surface area contributed by atoms with Gasteiger partial charge in [0, 0.05) is 24.6 Å². The van der Waals surface area contributed by atoms with Crippen LogP contribution in [0.4, 0.5) is 8.78 Å². The second-order valence-corrected chi connectivity index (χ2v) is 6.60. The number of ether oxygens (including phenoxy) is 1. The Balaban J connectivity index is 1.72. The van der Waals surface area contributed by atoms with Crippen LogP contribution in [-0.2, 0) is 11.3 Å². The Kier molecular flexibility index (Phi) is 5.53. The summed E-state index contributed by atoms with van der Waals surface area (Å²) in [4.78, 5) is 17.2. The van der Waals surface area contributed by atoms with Crippen LogP contribution < -0.4 is 5.32 Å². The minimum Gasteiger partial charge on any atom is -0.383 e. The highest BCUT2D eigenvalue weighted by atomic mass is 19.2. The SMILES string of the molecule is COCCn1c(C(=O)N[C@@H](c2ccc(F)c(F)c2)c2ncon2)cc2ccccc21. The molecule has 2 aromatic heterocycles. The minimum absolute atomic E-state index is 0.119. The van der Waals surface area contributed by atoms with Gasteiger partial charge in [-0.25, -0.2) is 8.78 Å². The van der Waals surface area contributed by atoms with Crippen LogP contribution in [0.2, 0.25) is 0 Å². The predicted octanol–water partition coefficient (Wildman–Crippen LogP) is 3.47. The molecule has 2 aromatic carbocycles. The number of hydrogen-bond acceptors (Lipinski definition) is 5. The van der Waals surface area contributed by atoms with E-state index in [1.54, 1.807) is 13.2 Å². The third-order valence-electron chi connectivity index (χ3n) is 4.75. The first-order chi connectivity index (χ1) is 14.6. The summed E-state index contributed by atoms with van der Waals surface area (Å²) in [5.41, 5.74) is 1.55. The Morgan fingerprint density at radius 1 is 1.20 bits per heavy atom. The van der Waals surface area contributed by atoms with E-state index in [0.29, 0.717) is 18.8 Å². The van der Waals surface area contributed by atoms with Gasteiger partial charge >= 0.3 is 0 Å². The number of aromatic nitrogens is 3. The molecule has 0 spiro atoms. The molecule has 0 aliphatic carbocycles. The van der Waals surface area contributed by atoms with Gasteiger partial charge in [0.15, 0.2) is 17.5 Å². The number of nitrogens with one attached hydrogen (secondary N) is 1. The molecule has 4 rings (SSSR count). The van der Waals surface area contributed by atoms with Crippen molar-refractivity contribution in [3.63, 3.8) is 0 Å². The molecule has 2 heterocycles. The van der Waals surface area contributed by atoms with Gasteiger partial charge in [-0.05, 0) is 29.8 Å². The van der Waals surface area contributed by atoms with E-state index in [2.05, 4.69) is 15.5 Å². The lowest BCUT2D eigenvalue weighted by Gasteiger charge is -2.17. The van der Waals surface area contributed by atoms with Gasteiger partial charge in [-0.2, -0.15) is 4.98 Å². The molecule has 9 heteroatoms. The maximum atomic E-state index is 13.8. The van der Waals surface area contributed by atoms with Crippen molar-refractivity contribution >= 4 is 16.8 Å². The number of halogens is 2. The molecule has 0 saturated carbocycles. The number of benzene rings is 2. The zero-order valence-electron chi connectivity index (χ0n) is 16.0. The molecular formula is C21H18F2N4O3. The van der Waals surface area contributed by atoms with Gasteiger partial charge in [-0.1, -0.05) is 29.4 Å². The smallest absolute Gasteiger partial charge is 0.268 e. The molecule has 0 unspecified atom stereocenters. The summed E-state index contributed by atoms with van der Waals surface area (Å²) in [6.45, 7) is 0.876. The molecular weight excluding hydrogens is 394 g/mol. The van der Waals surface area contributed by atoms with Gasteiger partial charge in [0.1, 0.15) is 11.7 Å². The summed E-state index contributed by atoms with van der Waals surface area (Å²) in [5, 5.41) is 7.46. The Morgan fingerprint density at radius 3 is 2.77 bits per heavy atom. The van der Waals surface area contributed by atoms with E-state index in [1.807, 2.05) is 28.8 Å². The third kappa shape index (κ3) is 3.79. The summed E-state index contributed by atoms with van der Waals surface area (Å²) in [6.07, 6.45) is 1.10. The van der Waals surface area contributed by atoms with Crippen molar-refractivity contribution in [1.29, 1.82) is 0 Å². The zero-order valence-corrected chi connectivity index (χ0v) is 16.0. The van der Waals surface area contributed by atoms with Gasteiger partial charge in [0.05, 0.1) is 6.61 Å². The summed E-state index contributed by atoms with van der Waals surface area (Å²) < 4.78 is 39.0. The van der Waals surface area contributed by atoms with E-state index < -0.39 is 23.6 Å². The van der Waals surface area contributed by atoms with Crippen molar-refractivity contribution in [1.82, 2.24) is 20.0 Å². The van der Waals surface area contributed by atoms with Gasteiger partial charge in [0.25, 0.3) is 5.91 Å². The van der Waals surface area contributed by atoms with E-state index in [9.17, 15) is 13.6 Å². The van der Waals surface area contributed by atoms with Crippen LogP contribution in [0, 0.1) is 11.6 Å². The monoisotopic (exact) mass is 412 g/mol. The first kappa shape index (κ1) is 19.7. The molecule has 0 aliphatic heterocycles. The molecule has 7 nitrogen and oxygen atoms in total. The number of fused-ring (bicyclic) bond motifs is 1. The Bertz CT molecular complexity index is 1170. The maximum Gasteiger partial charge on any atom is 0.268 e. The van der Waals surface area contributed by atoms with Crippen LogP contribution in [0.15, 0.2) is 59.4 Å². The highest BCUT2D eigenvalue weighted by Crippen LogP contribution is 2.24. The number of carbonyl (C=O) groups excluding carboxylic acids is 1. The Labute approximate surface area is 170 Å². The van der Waals surface area contributed by atoms with Crippen LogP contribution >= 0.6 is 0 Å². The number of methoxy groups -OCH3 is 1. The van der Waals surface area contributed by atoms with Crippen molar-refractivity contribution < 1.29 is 22.8 Å². The van der Waals surface area contributed by atoms with Gasteiger partial charge < -0.3 is 19.1 Å². The molecule has 30 heavy (non-hydrogen) atoms. The number of carbonyl (C=O) groups is 1. The van der Waals surface area contributed by atoms with Crippen molar-refractivity contribution in [2.75, 3.05) is 13.7 Å². The molecule has 154 valence electrons. The summed E-state index contributed by atoms with van der Waals surface area (Å²) in [7, 11) is 1.58. The standard InChI is InChI=1S/C21H18F2N4O3/c1-29-9-8-27-17-5-3-2-4-13(17)11-18(27)21(28)25-19(20-24-12-30-26-20)14-6-7-15(22)16(23)10-14/h2-7,10-12,19H,8-9H2,1H3,(H,25,28)/t19-/m0/s1. The lowest BCUT2D eigenvalue weighted by atomic mass is 10.1. The summed E-state index contributed by atoms with van der Waals surface area (Å²) in [5.74, 6) is -2.34. The van der Waals surface area contributed by atoms with Crippen molar-refractivity contribution in [3.8, 4) is 0 Å². The summed E-state index contributed by atoms with van der Waals surface area (Å²) >= 11 is 0.